The van der Waals surface area contributed by atoms with E-state index in [9.17, 15) is 4.79 Å². The highest BCUT2D eigenvalue weighted by atomic mass is 35.5. The van der Waals surface area contributed by atoms with Crippen molar-refractivity contribution in [2.75, 3.05) is 26.0 Å². The molecule has 1 aliphatic rings. The molecule has 0 aromatic heterocycles. The number of hydrogen-bond acceptors (Lipinski definition) is 3. The Balaban J connectivity index is 0.00000200. The summed E-state index contributed by atoms with van der Waals surface area (Å²) in [4.78, 5) is 13.8. The van der Waals surface area contributed by atoms with Gasteiger partial charge < -0.3 is 15.5 Å². The van der Waals surface area contributed by atoms with Crippen LogP contribution in [0.15, 0.2) is 24.3 Å². The second-order valence-corrected chi connectivity index (χ2v) is 5.22. The SMILES string of the molecule is CN(C)C/C=C/C(=O)Nc1c(Cl)ccc2c1CNC2.Cl. The average molecular weight is 316 g/mol. The number of halogens is 2. The second kappa shape index (κ2) is 7.64. The lowest BCUT2D eigenvalue weighted by atomic mass is 10.1. The van der Waals surface area contributed by atoms with Crippen molar-refractivity contribution in [2.24, 2.45) is 0 Å². The molecule has 0 saturated heterocycles. The summed E-state index contributed by atoms with van der Waals surface area (Å²) in [6.45, 7) is 2.30. The standard InChI is InChI=1S/C14H18ClN3O.ClH/c1-18(2)7-3-4-13(19)17-14-11-9-16-8-10(11)5-6-12(14)15;/h3-6,16H,7-9H2,1-2H3,(H,17,19);1H/b4-3+;. The normalized spacial score (nSPS) is 13.4. The molecule has 20 heavy (non-hydrogen) atoms. The first-order valence-corrected chi connectivity index (χ1v) is 6.59. The average Bonchev–Trinajstić information content (AvgIpc) is 2.81. The highest BCUT2D eigenvalue weighted by molar-refractivity contribution is 6.34. The van der Waals surface area contributed by atoms with E-state index in [4.69, 9.17) is 11.6 Å². The fourth-order valence-electron chi connectivity index (χ4n) is 2.02. The zero-order chi connectivity index (χ0) is 13.8. The molecular formula is C14H19Cl2N3O. The van der Waals surface area contributed by atoms with Gasteiger partial charge in [0.15, 0.2) is 0 Å². The van der Waals surface area contributed by atoms with Crippen LogP contribution in [0.4, 0.5) is 5.69 Å². The van der Waals surface area contributed by atoms with Gasteiger partial charge in [0.2, 0.25) is 5.91 Å². The molecule has 1 aliphatic heterocycles. The summed E-state index contributed by atoms with van der Waals surface area (Å²) in [7, 11) is 3.91. The van der Waals surface area contributed by atoms with Crippen molar-refractivity contribution in [3.8, 4) is 0 Å². The van der Waals surface area contributed by atoms with E-state index in [0.717, 1.165) is 30.9 Å². The Hall–Kier alpha value is -1.07. The highest BCUT2D eigenvalue weighted by Gasteiger charge is 2.17. The molecule has 0 spiro atoms. The van der Waals surface area contributed by atoms with E-state index in [1.807, 2.05) is 37.2 Å². The summed E-state index contributed by atoms with van der Waals surface area (Å²) in [5.74, 6) is -0.149. The van der Waals surface area contributed by atoms with Gasteiger partial charge >= 0.3 is 0 Å². The Morgan fingerprint density at radius 1 is 1.45 bits per heavy atom. The van der Waals surface area contributed by atoms with Crippen LogP contribution in [0.25, 0.3) is 0 Å². The van der Waals surface area contributed by atoms with Crippen LogP contribution in [0.3, 0.4) is 0 Å². The summed E-state index contributed by atoms with van der Waals surface area (Å²) in [6, 6.07) is 3.82. The van der Waals surface area contributed by atoms with Crippen LogP contribution in [0, 0.1) is 0 Å². The van der Waals surface area contributed by atoms with E-state index in [1.54, 1.807) is 0 Å². The number of likely N-dealkylation sites (N-methyl/N-ethyl adjacent to an activating group) is 1. The van der Waals surface area contributed by atoms with Crippen LogP contribution < -0.4 is 10.6 Å². The number of fused-ring (bicyclic) bond motifs is 1. The van der Waals surface area contributed by atoms with Gasteiger partial charge in [-0.3, -0.25) is 4.79 Å². The molecule has 2 rings (SSSR count). The van der Waals surface area contributed by atoms with Gasteiger partial charge in [0, 0.05) is 25.7 Å². The molecule has 0 radical (unpaired) electrons. The summed E-state index contributed by atoms with van der Waals surface area (Å²) < 4.78 is 0. The van der Waals surface area contributed by atoms with Crippen molar-refractivity contribution in [3.05, 3.63) is 40.4 Å². The quantitative estimate of drug-likeness (QED) is 0.839. The molecular weight excluding hydrogens is 297 g/mol. The third-order valence-corrected chi connectivity index (χ3v) is 3.28. The number of hydrogen-bond donors (Lipinski definition) is 2. The fraction of sp³-hybridized carbons (Fsp3) is 0.357. The number of carbonyl (C=O) groups is 1. The first kappa shape index (κ1) is 17.0. The predicted molar refractivity (Wildman–Crippen MR) is 85.6 cm³/mol. The Kier molecular flexibility index (Phi) is 6.49. The zero-order valence-corrected chi connectivity index (χ0v) is 13.1. The van der Waals surface area contributed by atoms with Gasteiger partial charge in [0.05, 0.1) is 10.7 Å². The van der Waals surface area contributed by atoms with E-state index >= 15 is 0 Å². The molecule has 1 heterocycles. The maximum atomic E-state index is 11.9. The maximum absolute atomic E-state index is 11.9. The number of anilines is 1. The van der Waals surface area contributed by atoms with Crippen molar-refractivity contribution < 1.29 is 4.79 Å². The summed E-state index contributed by atoms with van der Waals surface area (Å²) in [6.07, 6.45) is 3.36. The molecule has 4 nitrogen and oxygen atoms in total. The van der Waals surface area contributed by atoms with Crippen molar-refractivity contribution >= 4 is 35.6 Å². The first-order chi connectivity index (χ1) is 9.08. The minimum absolute atomic E-state index is 0. The smallest absolute Gasteiger partial charge is 0.248 e. The molecule has 0 atom stereocenters. The van der Waals surface area contributed by atoms with Gasteiger partial charge in [-0.1, -0.05) is 23.7 Å². The lowest BCUT2D eigenvalue weighted by Gasteiger charge is -2.10. The largest absolute Gasteiger partial charge is 0.321 e. The topological polar surface area (TPSA) is 44.4 Å². The van der Waals surface area contributed by atoms with Crippen molar-refractivity contribution in [1.29, 1.82) is 0 Å². The zero-order valence-electron chi connectivity index (χ0n) is 11.6. The molecule has 1 aromatic rings. The van der Waals surface area contributed by atoms with Gasteiger partial charge in [-0.2, -0.15) is 0 Å². The van der Waals surface area contributed by atoms with Crippen molar-refractivity contribution in [2.45, 2.75) is 13.1 Å². The Morgan fingerprint density at radius 3 is 2.90 bits per heavy atom. The van der Waals surface area contributed by atoms with Gasteiger partial charge in [-0.05, 0) is 31.3 Å². The summed E-state index contributed by atoms with van der Waals surface area (Å²) in [5.41, 5.74) is 3.00. The van der Waals surface area contributed by atoms with Gasteiger partial charge in [0.25, 0.3) is 0 Å². The number of amides is 1. The lowest BCUT2D eigenvalue weighted by Crippen LogP contribution is -2.14. The van der Waals surface area contributed by atoms with E-state index in [1.165, 1.54) is 11.6 Å². The van der Waals surface area contributed by atoms with Crippen LogP contribution in [-0.4, -0.2) is 31.4 Å². The Bertz CT molecular complexity index is 515. The number of benzene rings is 1. The van der Waals surface area contributed by atoms with Crippen LogP contribution in [0.2, 0.25) is 5.02 Å². The van der Waals surface area contributed by atoms with E-state index in [0.29, 0.717) is 5.02 Å². The molecule has 1 aromatic carbocycles. The van der Waals surface area contributed by atoms with Crippen LogP contribution in [0.1, 0.15) is 11.1 Å². The molecule has 0 unspecified atom stereocenters. The lowest BCUT2D eigenvalue weighted by molar-refractivity contribution is -0.111. The predicted octanol–water partition coefficient (Wildman–Crippen LogP) is 2.42. The summed E-state index contributed by atoms with van der Waals surface area (Å²) >= 11 is 6.16. The van der Waals surface area contributed by atoms with Gasteiger partial charge in [0.1, 0.15) is 0 Å². The third kappa shape index (κ3) is 4.21. The molecule has 2 N–H and O–H groups in total. The van der Waals surface area contributed by atoms with Crippen molar-refractivity contribution in [3.63, 3.8) is 0 Å². The molecule has 0 aliphatic carbocycles. The molecule has 110 valence electrons. The third-order valence-electron chi connectivity index (χ3n) is 2.96. The van der Waals surface area contributed by atoms with Gasteiger partial charge in [-0.15, -0.1) is 12.4 Å². The number of carbonyl (C=O) groups excluding carboxylic acids is 1. The first-order valence-electron chi connectivity index (χ1n) is 6.21. The fourth-order valence-corrected chi connectivity index (χ4v) is 2.25. The second-order valence-electron chi connectivity index (χ2n) is 4.82. The monoisotopic (exact) mass is 315 g/mol. The summed E-state index contributed by atoms with van der Waals surface area (Å²) in [5, 5.41) is 6.70. The molecule has 0 bridgehead atoms. The van der Waals surface area contributed by atoms with Gasteiger partial charge in [-0.25, -0.2) is 0 Å². The van der Waals surface area contributed by atoms with E-state index in [-0.39, 0.29) is 18.3 Å². The number of nitrogens with one attached hydrogen (secondary N) is 2. The molecule has 6 heteroatoms. The van der Waals surface area contributed by atoms with E-state index in [2.05, 4.69) is 10.6 Å². The number of rotatable bonds is 4. The minimum atomic E-state index is -0.149. The molecule has 0 saturated carbocycles. The highest BCUT2D eigenvalue weighted by Crippen LogP contribution is 2.31. The Morgan fingerprint density at radius 2 is 2.20 bits per heavy atom. The molecule has 1 amide bonds. The Labute approximate surface area is 130 Å². The van der Waals surface area contributed by atoms with Crippen LogP contribution >= 0.6 is 24.0 Å². The number of nitrogens with zero attached hydrogens (tertiary/aromatic N) is 1. The van der Waals surface area contributed by atoms with E-state index < -0.39 is 0 Å². The minimum Gasteiger partial charge on any atom is -0.321 e. The molecule has 0 fully saturated rings. The van der Waals surface area contributed by atoms with Crippen LogP contribution in [-0.2, 0) is 17.9 Å². The van der Waals surface area contributed by atoms with Crippen molar-refractivity contribution in [1.82, 2.24) is 10.2 Å². The maximum Gasteiger partial charge on any atom is 0.248 e. The van der Waals surface area contributed by atoms with Crippen LogP contribution in [0.5, 0.6) is 0 Å².